The molecule has 1 atom stereocenters. The maximum Gasteiger partial charge on any atom is 0.333 e. The van der Waals surface area contributed by atoms with Crippen molar-refractivity contribution in [3.05, 3.63) is 65.7 Å². The van der Waals surface area contributed by atoms with Gasteiger partial charge < -0.3 is 15.8 Å². The number of benzene rings is 2. The van der Waals surface area contributed by atoms with Crippen LogP contribution in [0.15, 0.2) is 54.6 Å². The van der Waals surface area contributed by atoms with Crippen LogP contribution in [-0.4, -0.2) is 17.9 Å². The third-order valence-corrected chi connectivity index (χ3v) is 3.11. The number of amides is 1. The van der Waals surface area contributed by atoms with Gasteiger partial charge in [-0.05, 0) is 36.8 Å². The first kappa shape index (κ1) is 15.7. The minimum atomic E-state index is -0.748. The molecule has 0 radical (unpaired) electrons. The van der Waals surface area contributed by atoms with E-state index in [2.05, 4.69) is 5.32 Å². The Labute approximate surface area is 129 Å². The number of carbonyl (C=O) groups is 2. The Morgan fingerprint density at radius 2 is 1.73 bits per heavy atom. The van der Waals surface area contributed by atoms with Crippen molar-refractivity contribution in [2.45, 2.75) is 19.5 Å². The van der Waals surface area contributed by atoms with E-state index in [9.17, 15) is 9.59 Å². The van der Waals surface area contributed by atoms with Gasteiger partial charge in [-0.2, -0.15) is 0 Å². The van der Waals surface area contributed by atoms with Gasteiger partial charge in [-0.15, -0.1) is 0 Å². The normalized spacial score (nSPS) is 11.5. The van der Waals surface area contributed by atoms with Crippen LogP contribution in [0, 0.1) is 0 Å². The number of esters is 1. The first-order chi connectivity index (χ1) is 10.6. The van der Waals surface area contributed by atoms with Gasteiger partial charge >= 0.3 is 5.97 Å². The number of hydrogen-bond donors (Lipinski definition) is 2. The van der Waals surface area contributed by atoms with Crippen molar-refractivity contribution in [1.82, 2.24) is 5.32 Å². The van der Waals surface area contributed by atoms with Gasteiger partial charge in [-0.1, -0.05) is 30.3 Å². The minimum absolute atomic E-state index is 0.332. The summed E-state index contributed by atoms with van der Waals surface area (Å²) in [6.45, 7) is 2.00. The van der Waals surface area contributed by atoms with Crippen LogP contribution < -0.4 is 15.8 Å². The molecule has 2 rings (SSSR count). The fourth-order valence-corrected chi connectivity index (χ4v) is 1.82. The Kier molecular flexibility index (Phi) is 5.27. The standard InChI is InChI=1S/C17H18N2O3/c1-12(17(21)22-15-5-3-2-4-6-15)19-16(20)14-9-7-13(11-18)8-10-14/h2-10,12H,11,18H2,1H3,(H,19,20)/t12-/m0/s1. The van der Waals surface area contributed by atoms with Crippen molar-refractivity contribution in [2.75, 3.05) is 0 Å². The van der Waals surface area contributed by atoms with Crippen LogP contribution in [0.2, 0.25) is 0 Å². The molecule has 114 valence electrons. The van der Waals surface area contributed by atoms with Crippen molar-refractivity contribution in [3.63, 3.8) is 0 Å². The summed E-state index contributed by atoms with van der Waals surface area (Å²) in [6.07, 6.45) is 0. The summed E-state index contributed by atoms with van der Waals surface area (Å²) < 4.78 is 5.18. The number of carbonyl (C=O) groups excluding carboxylic acids is 2. The third-order valence-electron chi connectivity index (χ3n) is 3.11. The Hall–Kier alpha value is -2.66. The molecule has 0 aliphatic heterocycles. The van der Waals surface area contributed by atoms with Crippen LogP contribution in [0.4, 0.5) is 0 Å². The van der Waals surface area contributed by atoms with E-state index >= 15 is 0 Å². The molecule has 2 aromatic carbocycles. The van der Waals surface area contributed by atoms with Crippen molar-refractivity contribution >= 4 is 11.9 Å². The van der Waals surface area contributed by atoms with E-state index < -0.39 is 12.0 Å². The van der Waals surface area contributed by atoms with Crippen LogP contribution >= 0.6 is 0 Å². The van der Waals surface area contributed by atoms with Gasteiger partial charge in [0, 0.05) is 12.1 Å². The van der Waals surface area contributed by atoms with E-state index in [1.807, 2.05) is 6.07 Å². The zero-order valence-electron chi connectivity index (χ0n) is 12.3. The number of rotatable bonds is 5. The summed E-state index contributed by atoms with van der Waals surface area (Å²) >= 11 is 0. The lowest BCUT2D eigenvalue weighted by Crippen LogP contribution is -2.40. The molecule has 0 unspecified atom stereocenters. The first-order valence-electron chi connectivity index (χ1n) is 6.97. The molecule has 22 heavy (non-hydrogen) atoms. The molecule has 0 aliphatic rings. The Morgan fingerprint density at radius 3 is 2.32 bits per heavy atom. The highest BCUT2D eigenvalue weighted by atomic mass is 16.5. The second-order valence-electron chi connectivity index (χ2n) is 4.83. The van der Waals surface area contributed by atoms with E-state index in [-0.39, 0.29) is 5.91 Å². The van der Waals surface area contributed by atoms with Crippen molar-refractivity contribution < 1.29 is 14.3 Å². The zero-order chi connectivity index (χ0) is 15.9. The summed E-state index contributed by atoms with van der Waals surface area (Å²) in [5.74, 6) is -0.403. The molecule has 0 heterocycles. The van der Waals surface area contributed by atoms with Gasteiger partial charge in [0.25, 0.3) is 5.91 Å². The first-order valence-corrected chi connectivity index (χ1v) is 6.97. The maximum atomic E-state index is 12.1. The third kappa shape index (κ3) is 4.17. The van der Waals surface area contributed by atoms with Crippen LogP contribution in [0.1, 0.15) is 22.8 Å². The summed E-state index contributed by atoms with van der Waals surface area (Å²) in [5.41, 5.74) is 6.92. The smallest absolute Gasteiger partial charge is 0.333 e. The van der Waals surface area contributed by atoms with E-state index in [0.29, 0.717) is 17.9 Å². The molecule has 0 spiro atoms. The lowest BCUT2D eigenvalue weighted by Gasteiger charge is -2.13. The van der Waals surface area contributed by atoms with Gasteiger partial charge in [0.2, 0.25) is 0 Å². The lowest BCUT2D eigenvalue weighted by molar-refractivity contribution is -0.136. The predicted molar refractivity (Wildman–Crippen MR) is 83.3 cm³/mol. The number of nitrogens with two attached hydrogens (primary N) is 1. The van der Waals surface area contributed by atoms with E-state index in [1.54, 1.807) is 55.5 Å². The monoisotopic (exact) mass is 298 g/mol. The van der Waals surface area contributed by atoms with E-state index in [4.69, 9.17) is 10.5 Å². The number of ether oxygens (including phenoxy) is 1. The van der Waals surface area contributed by atoms with Crippen LogP contribution in [0.5, 0.6) is 5.75 Å². The van der Waals surface area contributed by atoms with Crippen molar-refractivity contribution in [1.29, 1.82) is 0 Å². The molecule has 0 saturated carbocycles. The molecule has 0 aromatic heterocycles. The Bertz CT molecular complexity index is 639. The average Bonchev–Trinajstić information content (AvgIpc) is 2.55. The molecular weight excluding hydrogens is 280 g/mol. The summed E-state index contributed by atoms with van der Waals surface area (Å²) in [4.78, 5) is 24.0. The van der Waals surface area contributed by atoms with Gasteiger partial charge in [0.15, 0.2) is 0 Å². The molecular formula is C17H18N2O3. The number of para-hydroxylation sites is 1. The summed E-state index contributed by atoms with van der Waals surface area (Å²) in [5, 5.41) is 2.61. The van der Waals surface area contributed by atoms with Crippen LogP contribution in [0.25, 0.3) is 0 Å². The highest BCUT2D eigenvalue weighted by Gasteiger charge is 2.18. The molecule has 0 aliphatic carbocycles. The fourth-order valence-electron chi connectivity index (χ4n) is 1.82. The minimum Gasteiger partial charge on any atom is -0.425 e. The number of nitrogens with one attached hydrogen (secondary N) is 1. The molecule has 5 nitrogen and oxygen atoms in total. The highest BCUT2D eigenvalue weighted by Crippen LogP contribution is 2.10. The molecule has 2 aromatic rings. The van der Waals surface area contributed by atoms with Crippen molar-refractivity contribution in [2.24, 2.45) is 5.73 Å². The topological polar surface area (TPSA) is 81.4 Å². The zero-order valence-corrected chi connectivity index (χ0v) is 12.3. The molecule has 0 saturated heterocycles. The van der Waals surface area contributed by atoms with Crippen LogP contribution in [0.3, 0.4) is 0 Å². The van der Waals surface area contributed by atoms with Crippen molar-refractivity contribution in [3.8, 4) is 5.75 Å². The van der Waals surface area contributed by atoms with Crippen LogP contribution in [-0.2, 0) is 11.3 Å². The quantitative estimate of drug-likeness (QED) is 0.652. The Morgan fingerprint density at radius 1 is 1.09 bits per heavy atom. The Balaban J connectivity index is 1.93. The highest BCUT2D eigenvalue weighted by molar-refractivity contribution is 5.96. The lowest BCUT2D eigenvalue weighted by atomic mass is 10.1. The SMILES string of the molecule is C[C@H](NC(=O)c1ccc(CN)cc1)C(=O)Oc1ccccc1. The molecule has 0 bridgehead atoms. The van der Waals surface area contributed by atoms with E-state index in [1.165, 1.54) is 0 Å². The van der Waals surface area contributed by atoms with Gasteiger partial charge in [0.05, 0.1) is 0 Å². The maximum absolute atomic E-state index is 12.1. The average molecular weight is 298 g/mol. The number of hydrogen-bond acceptors (Lipinski definition) is 4. The van der Waals surface area contributed by atoms with Gasteiger partial charge in [0.1, 0.15) is 11.8 Å². The van der Waals surface area contributed by atoms with Gasteiger partial charge in [-0.3, -0.25) is 4.79 Å². The molecule has 5 heteroatoms. The van der Waals surface area contributed by atoms with Gasteiger partial charge in [-0.25, -0.2) is 4.79 Å². The largest absolute Gasteiger partial charge is 0.425 e. The summed E-state index contributed by atoms with van der Waals surface area (Å²) in [7, 11) is 0. The molecule has 3 N–H and O–H groups in total. The molecule has 1 amide bonds. The predicted octanol–water partition coefficient (Wildman–Crippen LogP) is 1.87. The second kappa shape index (κ2) is 7.38. The second-order valence-corrected chi connectivity index (χ2v) is 4.83. The fraction of sp³-hybridized carbons (Fsp3) is 0.176. The molecule has 0 fully saturated rings. The summed E-state index contributed by atoms with van der Waals surface area (Å²) in [6, 6.07) is 14.9. The van der Waals surface area contributed by atoms with E-state index in [0.717, 1.165) is 5.56 Å².